The van der Waals surface area contributed by atoms with Crippen molar-refractivity contribution in [2.75, 3.05) is 7.11 Å². The number of methoxy groups -OCH3 is 1. The van der Waals surface area contributed by atoms with Gasteiger partial charge in [0.2, 0.25) is 0 Å². The number of ether oxygens (including phenoxy) is 1. The predicted octanol–water partition coefficient (Wildman–Crippen LogP) is -1.06. The van der Waals surface area contributed by atoms with E-state index in [1.807, 2.05) is 0 Å². The van der Waals surface area contributed by atoms with Gasteiger partial charge in [-0.2, -0.15) is 9.46 Å². The Bertz CT molecular complexity index is 811. The Hall–Kier alpha value is -2.07. The molecule has 1 aromatic heterocycles. The fourth-order valence-corrected chi connectivity index (χ4v) is 2.18. The van der Waals surface area contributed by atoms with Gasteiger partial charge in [-0.05, 0) is 12.1 Å². The summed E-state index contributed by atoms with van der Waals surface area (Å²) in [6.07, 6.45) is 0. The predicted molar refractivity (Wildman–Crippen MR) is 80.6 cm³/mol. The molecule has 0 saturated carbocycles. The maximum absolute atomic E-state index is 12.3. The van der Waals surface area contributed by atoms with Crippen LogP contribution in [0.2, 0.25) is 0 Å². The van der Waals surface area contributed by atoms with E-state index >= 15 is 0 Å². The normalized spacial score (nSPS) is 9.50. The molecule has 3 aromatic rings. The molecule has 0 radical (unpaired) electrons. The molecule has 3 rings (SSSR count). The van der Waals surface area contributed by atoms with Gasteiger partial charge in [-0.15, -0.1) is 0 Å². The van der Waals surface area contributed by atoms with Gasteiger partial charge in [0, 0.05) is 12.1 Å². The average Bonchev–Trinajstić information content (AvgIpc) is 2.43. The molecular formula is C13H14MgN2O6+2. The largest absolute Gasteiger partial charge is 2.00 e. The topological polar surface area (TPSA) is 146 Å². The second-order valence-electron chi connectivity index (χ2n) is 4.06. The van der Waals surface area contributed by atoms with Crippen molar-refractivity contribution in [3.63, 3.8) is 0 Å². The van der Waals surface area contributed by atoms with E-state index in [1.165, 1.54) is 31.4 Å². The quantitative estimate of drug-likeness (QED) is 0.264. The van der Waals surface area contributed by atoms with Crippen LogP contribution in [0.4, 0.5) is 0 Å². The standard InChI is InChI=1S/C13H10N2O4.Mg.2H2O/c1-19-11-7-3-5-9-13(11)15(18)8-4-2-6-10(16)12(8)14(9)17;;;/h2-7,16H,1H3;;2*1H2/q;+2;;. The molecule has 1 heterocycles. The summed E-state index contributed by atoms with van der Waals surface area (Å²) in [5.74, 6) is 0.0733. The number of hydrogen-bond donors (Lipinski definition) is 1. The van der Waals surface area contributed by atoms with Gasteiger partial charge >= 0.3 is 34.1 Å². The van der Waals surface area contributed by atoms with Crippen molar-refractivity contribution < 1.29 is 30.3 Å². The van der Waals surface area contributed by atoms with Gasteiger partial charge in [0.25, 0.3) is 11.0 Å². The van der Waals surface area contributed by atoms with Crippen LogP contribution in [0.3, 0.4) is 0 Å². The van der Waals surface area contributed by atoms with Gasteiger partial charge < -0.3 is 31.2 Å². The van der Waals surface area contributed by atoms with Crippen LogP contribution >= 0.6 is 0 Å². The second kappa shape index (κ2) is 7.27. The molecule has 9 heteroatoms. The maximum Gasteiger partial charge on any atom is 2.00 e. The van der Waals surface area contributed by atoms with Crippen molar-refractivity contribution in [3.8, 4) is 11.5 Å². The Kier molecular flexibility index (Phi) is 6.58. The number of phenolic OH excluding ortho intramolecular Hbond substituents is 1. The summed E-state index contributed by atoms with van der Waals surface area (Å²) in [5.41, 5.74) is 0.312. The Balaban J connectivity index is 0.00000147. The molecule has 112 valence electrons. The smallest absolute Gasteiger partial charge is 0.617 e. The number of aromatic hydroxyl groups is 1. The summed E-state index contributed by atoms with van der Waals surface area (Å²) >= 11 is 0. The van der Waals surface area contributed by atoms with Gasteiger partial charge in [0.15, 0.2) is 11.5 Å². The molecule has 0 aliphatic heterocycles. The third-order valence-corrected chi connectivity index (χ3v) is 3.03. The summed E-state index contributed by atoms with van der Waals surface area (Å²) in [5, 5.41) is 34.4. The SMILES string of the molecule is COc1cccc2c1[n+]([O-])c1cccc(O)c1[n+]2[O-].O.O.[Mg+2]. The summed E-state index contributed by atoms with van der Waals surface area (Å²) in [6, 6.07) is 9.07. The van der Waals surface area contributed by atoms with Gasteiger partial charge in [-0.1, -0.05) is 12.1 Å². The fourth-order valence-electron chi connectivity index (χ4n) is 2.18. The first-order valence-corrected chi connectivity index (χ1v) is 5.58. The van der Waals surface area contributed by atoms with Gasteiger partial charge in [-0.25, -0.2) is 0 Å². The van der Waals surface area contributed by atoms with Crippen LogP contribution in [0.5, 0.6) is 11.5 Å². The first kappa shape index (κ1) is 19.9. The van der Waals surface area contributed by atoms with E-state index in [2.05, 4.69) is 0 Å². The summed E-state index contributed by atoms with van der Waals surface area (Å²) < 4.78 is 6.24. The molecule has 8 nitrogen and oxygen atoms in total. The van der Waals surface area contributed by atoms with Crippen molar-refractivity contribution in [2.24, 2.45) is 0 Å². The minimum atomic E-state index is -0.234. The van der Waals surface area contributed by atoms with Crippen molar-refractivity contribution >= 4 is 45.1 Å². The van der Waals surface area contributed by atoms with E-state index in [1.54, 1.807) is 12.1 Å². The van der Waals surface area contributed by atoms with Crippen molar-refractivity contribution in [2.45, 2.75) is 0 Å². The molecule has 5 N–H and O–H groups in total. The zero-order valence-corrected chi connectivity index (χ0v) is 13.2. The number of para-hydroxylation sites is 2. The molecule has 0 fully saturated rings. The van der Waals surface area contributed by atoms with Crippen LogP contribution in [0, 0.1) is 10.4 Å². The molecule has 0 saturated heterocycles. The van der Waals surface area contributed by atoms with Crippen molar-refractivity contribution in [1.82, 2.24) is 0 Å². The third kappa shape index (κ3) is 2.66. The molecule has 0 atom stereocenters. The molecular weight excluding hydrogens is 304 g/mol. The molecule has 2 aromatic carbocycles. The maximum atomic E-state index is 12.3. The van der Waals surface area contributed by atoms with Crippen molar-refractivity contribution in [3.05, 3.63) is 46.8 Å². The van der Waals surface area contributed by atoms with Crippen LogP contribution in [0.15, 0.2) is 36.4 Å². The van der Waals surface area contributed by atoms with Gasteiger partial charge in [0.1, 0.15) is 0 Å². The minimum absolute atomic E-state index is 0. The zero-order chi connectivity index (χ0) is 13.6. The number of benzene rings is 2. The molecule has 0 bridgehead atoms. The number of hydrogen-bond acceptors (Lipinski definition) is 4. The molecule has 0 aliphatic rings. The van der Waals surface area contributed by atoms with E-state index in [-0.39, 0.29) is 61.8 Å². The Morgan fingerprint density at radius 1 is 0.909 bits per heavy atom. The molecule has 0 amide bonds. The zero-order valence-electron chi connectivity index (χ0n) is 11.7. The fraction of sp³-hybridized carbons (Fsp3) is 0.0769. The molecule has 0 spiro atoms. The van der Waals surface area contributed by atoms with Gasteiger partial charge in [-0.3, -0.25) is 0 Å². The first-order chi connectivity index (χ1) is 9.15. The van der Waals surface area contributed by atoms with E-state index < -0.39 is 0 Å². The van der Waals surface area contributed by atoms with Crippen LogP contribution < -0.4 is 14.2 Å². The summed E-state index contributed by atoms with van der Waals surface area (Å²) in [6.45, 7) is 0. The Morgan fingerprint density at radius 2 is 1.41 bits per heavy atom. The van der Waals surface area contributed by atoms with E-state index in [9.17, 15) is 15.5 Å². The van der Waals surface area contributed by atoms with E-state index in [4.69, 9.17) is 4.74 Å². The molecule has 22 heavy (non-hydrogen) atoms. The van der Waals surface area contributed by atoms with Crippen LogP contribution in [0.25, 0.3) is 22.1 Å². The first-order valence-electron chi connectivity index (χ1n) is 5.58. The van der Waals surface area contributed by atoms with Crippen LogP contribution in [-0.2, 0) is 0 Å². The third-order valence-electron chi connectivity index (χ3n) is 3.03. The van der Waals surface area contributed by atoms with E-state index in [0.717, 1.165) is 0 Å². The molecule has 0 unspecified atom stereocenters. The summed E-state index contributed by atoms with van der Waals surface area (Å²) in [4.78, 5) is 0. The summed E-state index contributed by atoms with van der Waals surface area (Å²) in [7, 11) is 1.43. The van der Waals surface area contributed by atoms with Gasteiger partial charge in [0.05, 0.1) is 7.11 Å². The number of rotatable bonds is 1. The monoisotopic (exact) mass is 318 g/mol. The van der Waals surface area contributed by atoms with Crippen LogP contribution in [0.1, 0.15) is 0 Å². The van der Waals surface area contributed by atoms with Crippen molar-refractivity contribution in [1.29, 1.82) is 0 Å². The van der Waals surface area contributed by atoms with Crippen LogP contribution in [-0.4, -0.2) is 46.2 Å². The Labute approximate surface area is 141 Å². The Morgan fingerprint density at radius 3 is 2.00 bits per heavy atom. The number of aromatic nitrogens is 2. The number of phenols is 1. The van der Waals surface area contributed by atoms with E-state index in [0.29, 0.717) is 15.2 Å². The molecule has 0 aliphatic carbocycles. The minimum Gasteiger partial charge on any atom is -0.617 e. The average molecular weight is 319 g/mol. The number of fused-ring (bicyclic) bond motifs is 2. The number of nitrogens with zero attached hydrogens (tertiary/aromatic N) is 2. The second-order valence-corrected chi connectivity index (χ2v) is 4.06.